The number of anilines is 1. The third-order valence-corrected chi connectivity index (χ3v) is 7.39. The molecule has 3 N–H and O–H groups in total. The van der Waals surface area contributed by atoms with E-state index in [1.165, 1.54) is 5.56 Å². The number of ether oxygens (including phenoxy) is 1. The molecule has 0 bridgehead atoms. The molecule has 5 rings (SSSR count). The molecule has 190 valence electrons. The summed E-state index contributed by atoms with van der Waals surface area (Å²) in [6.45, 7) is 11.2. The van der Waals surface area contributed by atoms with Gasteiger partial charge in [0.2, 0.25) is 5.95 Å². The lowest BCUT2D eigenvalue weighted by atomic mass is 9.93. The molecule has 0 saturated carbocycles. The number of hydrogen-bond acceptors (Lipinski definition) is 6. The van der Waals surface area contributed by atoms with Crippen LogP contribution in [0.15, 0.2) is 49.0 Å². The number of aromatic nitrogens is 1. The fourth-order valence-corrected chi connectivity index (χ4v) is 5.22. The molecule has 37 heavy (non-hydrogen) atoms. The maximum atomic E-state index is 15.0. The van der Waals surface area contributed by atoms with Gasteiger partial charge in [0.25, 0.3) is 0 Å². The maximum Gasteiger partial charge on any atom is 0.222 e. The second-order valence-corrected chi connectivity index (χ2v) is 10.1. The number of pyridine rings is 1. The van der Waals surface area contributed by atoms with Crippen molar-refractivity contribution in [2.45, 2.75) is 45.3 Å². The molecule has 2 aliphatic rings. The van der Waals surface area contributed by atoms with E-state index in [1.54, 1.807) is 24.3 Å². The molecule has 0 amide bonds. The topological polar surface area (TPSA) is 87.2 Å². The Bertz CT molecular complexity index is 1390. The van der Waals surface area contributed by atoms with Crippen LogP contribution < -0.4 is 15.8 Å². The van der Waals surface area contributed by atoms with E-state index in [0.29, 0.717) is 34.0 Å². The van der Waals surface area contributed by atoms with Crippen LogP contribution in [0.25, 0.3) is 28.0 Å². The molecule has 1 saturated heterocycles. The third-order valence-electron chi connectivity index (χ3n) is 7.39. The second-order valence-electron chi connectivity index (χ2n) is 10.1. The minimum absolute atomic E-state index is 0.0600. The van der Waals surface area contributed by atoms with E-state index >= 15 is 4.39 Å². The van der Waals surface area contributed by atoms with Crippen molar-refractivity contribution in [3.8, 4) is 34.1 Å². The number of nitrogens with two attached hydrogens (primary N) is 1. The summed E-state index contributed by atoms with van der Waals surface area (Å²) in [5.41, 5.74) is 12.0. The summed E-state index contributed by atoms with van der Waals surface area (Å²) in [4.78, 5) is 6.44. The van der Waals surface area contributed by atoms with Gasteiger partial charge in [0.1, 0.15) is 23.7 Å². The first-order valence-corrected chi connectivity index (χ1v) is 12.8. The number of nitriles is 1. The number of benzene rings is 2. The summed E-state index contributed by atoms with van der Waals surface area (Å²) in [6.07, 6.45) is 2.75. The van der Waals surface area contributed by atoms with Crippen molar-refractivity contribution in [3.63, 3.8) is 0 Å². The van der Waals surface area contributed by atoms with Crippen LogP contribution in [0.5, 0.6) is 5.75 Å². The van der Waals surface area contributed by atoms with Crippen LogP contribution in [0.2, 0.25) is 0 Å². The number of likely N-dealkylation sites (tertiary alicyclic amines) is 1. The van der Waals surface area contributed by atoms with Gasteiger partial charge in [-0.2, -0.15) is 9.65 Å². The van der Waals surface area contributed by atoms with Gasteiger partial charge >= 0.3 is 0 Å². The van der Waals surface area contributed by atoms with E-state index in [0.717, 1.165) is 55.7 Å². The monoisotopic (exact) mass is 497 g/mol. The Balaban J connectivity index is 1.43. The van der Waals surface area contributed by atoms with Crippen LogP contribution in [0.3, 0.4) is 0 Å². The number of fused-ring (bicyclic) bond motifs is 1. The lowest BCUT2D eigenvalue weighted by Gasteiger charge is -2.34. The molecule has 7 heteroatoms. The first kappa shape index (κ1) is 24.8. The first-order chi connectivity index (χ1) is 17.8. The lowest BCUT2D eigenvalue weighted by Crippen LogP contribution is -2.41. The van der Waals surface area contributed by atoms with Gasteiger partial charge in [-0.25, -0.2) is 4.98 Å². The number of hydrogen-bond donors (Lipinski definition) is 2. The summed E-state index contributed by atoms with van der Waals surface area (Å²) in [7, 11) is 0. The molecule has 3 aromatic rings. The highest BCUT2D eigenvalue weighted by Crippen LogP contribution is 2.35. The average molecular weight is 498 g/mol. The van der Waals surface area contributed by atoms with E-state index in [1.807, 2.05) is 12.1 Å². The summed E-state index contributed by atoms with van der Waals surface area (Å²) in [6, 6.07) is 15.7. The number of piperidine rings is 1. The van der Waals surface area contributed by atoms with E-state index < -0.39 is 5.95 Å². The van der Waals surface area contributed by atoms with Gasteiger partial charge in [-0.15, -0.1) is 0 Å². The average Bonchev–Trinajstić information content (AvgIpc) is 2.89. The van der Waals surface area contributed by atoms with Crippen molar-refractivity contribution in [2.24, 2.45) is 0 Å². The van der Waals surface area contributed by atoms with Gasteiger partial charge in [-0.1, -0.05) is 30.8 Å². The third kappa shape index (κ3) is 5.03. The van der Waals surface area contributed by atoms with Gasteiger partial charge in [-0.3, -0.25) is 0 Å². The highest BCUT2D eigenvalue weighted by Gasteiger charge is 2.23. The molecule has 0 spiro atoms. The molecule has 0 unspecified atom stereocenters. The number of halogens is 1. The Kier molecular flexibility index (Phi) is 6.86. The fraction of sp³-hybridized carbons (Fsp3) is 0.333. The number of nitrogen functional groups attached to an aromatic ring is 1. The molecule has 0 atom stereocenters. The normalized spacial score (nSPS) is 16.2. The van der Waals surface area contributed by atoms with Crippen LogP contribution in [0.4, 0.5) is 10.2 Å². The minimum Gasteiger partial charge on any atom is -0.489 e. The zero-order chi connectivity index (χ0) is 26.1. The smallest absolute Gasteiger partial charge is 0.222 e. The summed E-state index contributed by atoms with van der Waals surface area (Å²) in [5.74, 6) is -0.0145. The molecule has 3 heterocycles. The van der Waals surface area contributed by atoms with Crippen LogP contribution in [-0.2, 0) is 6.42 Å². The van der Waals surface area contributed by atoms with Crippen molar-refractivity contribution in [3.05, 3.63) is 71.7 Å². The van der Waals surface area contributed by atoms with Crippen molar-refractivity contribution in [1.82, 2.24) is 15.2 Å². The van der Waals surface area contributed by atoms with Crippen molar-refractivity contribution in [2.75, 3.05) is 25.4 Å². The highest BCUT2D eigenvalue weighted by molar-refractivity contribution is 5.82. The van der Waals surface area contributed by atoms with E-state index in [-0.39, 0.29) is 11.9 Å². The molecule has 0 radical (unpaired) electrons. The van der Waals surface area contributed by atoms with Gasteiger partial charge in [-0.05, 0) is 68.0 Å². The Morgan fingerprint density at radius 3 is 2.57 bits per heavy atom. The van der Waals surface area contributed by atoms with Crippen molar-refractivity contribution < 1.29 is 9.13 Å². The van der Waals surface area contributed by atoms with E-state index in [4.69, 9.17) is 10.5 Å². The first-order valence-electron chi connectivity index (χ1n) is 12.8. The molecule has 0 aliphatic carbocycles. The number of nitrogens with zero attached hydrogens (tertiary/aromatic N) is 3. The van der Waals surface area contributed by atoms with Crippen LogP contribution in [0.1, 0.15) is 43.4 Å². The SMILES string of the molecule is C=C1NCCc2cc(-c3cc(-c4ccc(OC5CCN(C(C)C)CC5)c(C#N)c4)c(F)nc3N)ccc21. The number of nitrogens with one attached hydrogen (secondary N) is 1. The van der Waals surface area contributed by atoms with Gasteiger partial charge < -0.3 is 20.7 Å². The standard InChI is InChI=1S/C30H32FN5O/c1-18(2)36-12-9-24(10-13-36)37-28-7-5-20(15-23(28)17-32)26-16-27(30(33)35-29(26)31)21-4-6-25-19(3)34-11-8-22(25)14-21/h4-7,14-16,18,24,34H,3,8-13H2,1-2H3,(H2,33,35). The second kappa shape index (κ2) is 10.2. The zero-order valence-corrected chi connectivity index (χ0v) is 21.4. The molecular weight excluding hydrogens is 465 g/mol. The summed E-state index contributed by atoms with van der Waals surface area (Å²) in [5, 5.41) is 13.1. The van der Waals surface area contributed by atoms with Crippen molar-refractivity contribution in [1.29, 1.82) is 5.26 Å². The minimum atomic E-state index is -0.671. The highest BCUT2D eigenvalue weighted by atomic mass is 19.1. The summed E-state index contributed by atoms with van der Waals surface area (Å²) >= 11 is 0. The van der Waals surface area contributed by atoms with E-state index in [2.05, 4.69) is 47.8 Å². The predicted octanol–water partition coefficient (Wildman–Crippen LogP) is 5.38. The Hall–Kier alpha value is -3.89. The summed E-state index contributed by atoms with van der Waals surface area (Å²) < 4.78 is 21.2. The van der Waals surface area contributed by atoms with Gasteiger partial charge in [0.05, 0.1) is 5.56 Å². The molecular formula is C30H32FN5O. The quantitative estimate of drug-likeness (QED) is 0.461. The fourth-order valence-electron chi connectivity index (χ4n) is 5.22. The molecule has 2 aliphatic heterocycles. The molecule has 6 nitrogen and oxygen atoms in total. The lowest BCUT2D eigenvalue weighted by molar-refractivity contribution is 0.0841. The van der Waals surface area contributed by atoms with Crippen LogP contribution in [-0.4, -0.2) is 41.7 Å². The van der Waals surface area contributed by atoms with E-state index in [9.17, 15) is 5.26 Å². The zero-order valence-electron chi connectivity index (χ0n) is 21.4. The molecule has 2 aromatic carbocycles. The largest absolute Gasteiger partial charge is 0.489 e. The predicted molar refractivity (Wildman–Crippen MR) is 145 cm³/mol. The van der Waals surface area contributed by atoms with Gasteiger partial charge in [0.15, 0.2) is 0 Å². The number of rotatable bonds is 5. The molecule has 1 aromatic heterocycles. The van der Waals surface area contributed by atoms with Crippen LogP contribution in [0, 0.1) is 17.3 Å². The van der Waals surface area contributed by atoms with Gasteiger partial charge in [0, 0.05) is 48.1 Å². The van der Waals surface area contributed by atoms with Crippen molar-refractivity contribution >= 4 is 11.5 Å². The Morgan fingerprint density at radius 2 is 1.84 bits per heavy atom. The molecule has 1 fully saturated rings. The Labute approximate surface area is 217 Å². The maximum absolute atomic E-state index is 15.0. The Morgan fingerprint density at radius 1 is 1.11 bits per heavy atom. The van der Waals surface area contributed by atoms with Crippen LogP contribution >= 0.6 is 0 Å².